The first-order valence-electron chi connectivity index (χ1n) is 9.65. The summed E-state index contributed by atoms with van der Waals surface area (Å²) in [5.74, 6) is 0.395. The monoisotopic (exact) mass is 411 g/mol. The number of esters is 1. The minimum atomic E-state index is -0.552. The number of carbonyl (C=O) groups excluding carboxylic acids is 2. The van der Waals surface area contributed by atoms with Gasteiger partial charge in [0.15, 0.2) is 12.4 Å². The Balaban J connectivity index is 1.63. The Hall–Kier alpha value is -3.62. The Labute approximate surface area is 174 Å². The molecule has 0 atom stereocenters. The number of rotatable bonds is 8. The van der Waals surface area contributed by atoms with Gasteiger partial charge < -0.3 is 14.8 Å². The molecular weight excluding hydrogens is 386 g/mol. The van der Waals surface area contributed by atoms with E-state index in [1.54, 1.807) is 26.2 Å². The van der Waals surface area contributed by atoms with E-state index in [1.165, 1.54) is 21.1 Å². The number of nitrogens with zero attached hydrogens (tertiary/aromatic N) is 4. The lowest BCUT2D eigenvalue weighted by molar-refractivity contribution is 0.0527. The van der Waals surface area contributed by atoms with Crippen molar-refractivity contribution in [2.45, 2.75) is 33.4 Å². The smallest absolute Gasteiger partial charge is 0.343 e. The number of carbonyl (C=O) groups is 2. The molecule has 2 aromatic heterocycles. The molecule has 0 aliphatic rings. The van der Waals surface area contributed by atoms with Crippen LogP contribution in [0.2, 0.25) is 0 Å². The van der Waals surface area contributed by atoms with E-state index < -0.39 is 11.9 Å². The van der Waals surface area contributed by atoms with Crippen molar-refractivity contribution in [1.82, 2.24) is 19.6 Å². The molecule has 1 N–H and O–H groups in total. The minimum absolute atomic E-state index is 0.161. The molecule has 1 aromatic carbocycles. The van der Waals surface area contributed by atoms with Crippen molar-refractivity contribution in [3.8, 4) is 5.75 Å². The molecule has 30 heavy (non-hydrogen) atoms. The van der Waals surface area contributed by atoms with Crippen LogP contribution in [0.5, 0.6) is 5.75 Å². The molecule has 3 aromatic rings. The molecule has 158 valence electrons. The second kappa shape index (κ2) is 9.25. The van der Waals surface area contributed by atoms with Crippen LogP contribution in [0.25, 0.3) is 0 Å². The van der Waals surface area contributed by atoms with Gasteiger partial charge in [0, 0.05) is 13.2 Å². The van der Waals surface area contributed by atoms with Crippen LogP contribution in [0.4, 0.5) is 5.82 Å². The highest BCUT2D eigenvalue weighted by Gasteiger charge is 2.20. The van der Waals surface area contributed by atoms with Crippen molar-refractivity contribution in [3.63, 3.8) is 0 Å². The first-order valence-corrected chi connectivity index (χ1v) is 9.65. The van der Waals surface area contributed by atoms with E-state index in [2.05, 4.69) is 29.4 Å². The largest absolute Gasteiger partial charge is 0.471 e. The Morgan fingerprint density at radius 3 is 2.57 bits per heavy atom. The third-order valence-corrected chi connectivity index (χ3v) is 4.45. The summed E-state index contributed by atoms with van der Waals surface area (Å²) >= 11 is 0. The van der Waals surface area contributed by atoms with Gasteiger partial charge in [0.1, 0.15) is 17.1 Å². The molecule has 0 saturated heterocycles. The average molecular weight is 411 g/mol. The van der Waals surface area contributed by atoms with Crippen LogP contribution in [0.3, 0.4) is 0 Å². The van der Waals surface area contributed by atoms with Gasteiger partial charge in [-0.05, 0) is 36.6 Å². The van der Waals surface area contributed by atoms with Gasteiger partial charge in [-0.1, -0.05) is 26.0 Å². The number of anilines is 1. The van der Waals surface area contributed by atoms with Crippen LogP contribution < -0.4 is 10.1 Å². The van der Waals surface area contributed by atoms with Crippen molar-refractivity contribution in [2.75, 3.05) is 11.9 Å². The Bertz CT molecular complexity index is 1020. The van der Waals surface area contributed by atoms with Gasteiger partial charge in [-0.2, -0.15) is 10.2 Å². The maximum atomic E-state index is 12.6. The van der Waals surface area contributed by atoms with Crippen molar-refractivity contribution in [1.29, 1.82) is 0 Å². The summed E-state index contributed by atoms with van der Waals surface area (Å²) in [7, 11) is 1.62. The van der Waals surface area contributed by atoms with E-state index in [-0.39, 0.29) is 30.4 Å². The van der Waals surface area contributed by atoms with Crippen molar-refractivity contribution >= 4 is 17.7 Å². The van der Waals surface area contributed by atoms with E-state index >= 15 is 0 Å². The molecule has 3 rings (SSSR count). The number of amides is 1. The zero-order valence-electron chi connectivity index (χ0n) is 17.5. The van der Waals surface area contributed by atoms with E-state index in [0.29, 0.717) is 5.92 Å². The molecule has 0 bridgehead atoms. The number of hydrogen-bond donors (Lipinski definition) is 1. The van der Waals surface area contributed by atoms with Gasteiger partial charge in [0.25, 0.3) is 5.91 Å². The Morgan fingerprint density at radius 1 is 1.17 bits per heavy atom. The number of ether oxygens (including phenoxy) is 2. The summed E-state index contributed by atoms with van der Waals surface area (Å²) < 4.78 is 13.6. The number of nitrogens with one attached hydrogen (secondary N) is 1. The van der Waals surface area contributed by atoms with E-state index in [4.69, 9.17) is 9.47 Å². The van der Waals surface area contributed by atoms with Crippen molar-refractivity contribution in [3.05, 3.63) is 59.5 Å². The number of hydrogen-bond acceptors (Lipinski definition) is 6. The maximum absolute atomic E-state index is 12.6. The van der Waals surface area contributed by atoms with Gasteiger partial charge in [-0.15, -0.1) is 0 Å². The molecule has 9 nitrogen and oxygen atoms in total. The van der Waals surface area contributed by atoms with Gasteiger partial charge in [-0.3, -0.25) is 9.48 Å². The number of aryl methyl sites for hydroxylation is 1. The van der Waals surface area contributed by atoms with Gasteiger partial charge in [-0.25, -0.2) is 9.48 Å². The first kappa shape index (κ1) is 21.1. The molecule has 0 radical (unpaired) electrons. The summed E-state index contributed by atoms with van der Waals surface area (Å²) in [6.07, 6.45) is 3.00. The Morgan fingerprint density at radius 2 is 1.90 bits per heavy atom. The molecule has 2 heterocycles. The molecule has 0 aliphatic heterocycles. The lowest BCUT2D eigenvalue weighted by Crippen LogP contribution is -2.18. The quantitative estimate of drug-likeness (QED) is 0.571. The third-order valence-electron chi connectivity index (χ3n) is 4.45. The summed E-state index contributed by atoms with van der Waals surface area (Å²) in [6, 6.07) is 9.44. The average Bonchev–Trinajstić information content (AvgIpc) is 3.34. The fourth-order valence-corrected chi connectivity index (χ4v) is 2.76. The second-order valence-corrected chi connectivity index (χ2v) is 6.94. The first-order chi connectivity index (χ1) is 14.4. The number of benzene rings is 1. The van der Waals surface area contributed by atoms with Gasteiger partial charge in [0.2, 0.25) is 0 Å². The predicted octanol–water partition coefficient (Wildman–Crippen LogP) is 3.21. The normalized spacial score (nSPS) is 10.8. The Kier molecular flexibility index (Phi) is 6.51. The molecule has 9 heteroatoms. The maximum Gasteiger partial charge on any atom is 0.343 e. The predicted molar refractivity (Wildman–Crippen MR) is 111 cm³/mol. The van der Waals surface area contributed by atoms with Crippen LogP contribution >= 0.6 is 0 Å². The fraction of sp³-hybridized carbons (Fsp3) is 0.333. The lowest BCUT2D eigenvalue weighted by atomic mass is 10.0. The highest BCUT2D eigenvalue weighted by molar-refractivity contribution is 6.06. The summed E-state index contributed by atoms with van der Waals surface area (Å²) in [5.41, 5.74) is 1.60. The summed E-state index contributed by atoms with van der Waals surface area (Å²) in [5, 5.41) is 10.9. The zero-order valence-corrected chi connectivity index (χ0v) is 17.5. The molecule has 0 spiro atoms. The standard InChI is InChI=1S/C21H25N5O4/c1-5-29-21(28)17-12-22-25(4)19(17)23-20(27)18-10-11-26(24-18)13-30-16-8-6-15(7-9-16)14(2)3/h6-12,14H,5,13H2,1-4H3,(H,23,27). The van der Waals surface area contributed by atoms with Crippen LogP contribution in [0, 0.1) is 0 Å². The SMILES string of the molecule is CCOC(=O)c1cnn(C)c1NC(=O)c1ccn(COc2ccc(C(C)C)cc2)n1. The molecule has 0 aliphatic carbocycles. The highest BCUT2D eigenvalue weighted by atomic mass is 16.5. The third kappa shape index (κ3) is 4.86. The van der Waals surface area contributed by atoms with Crippen molar-refractivity contribution in [2.24, 2.45) is 7.05 Å². The molecule has 0 fully saturated rings. The topological polar surface area (TPSA) is 100 Å². The van der Waals surface area contributed by atoms with E-state index in [9.17, 15) is 9.59 Å². The van der Waals surface area contributed by atoms with Crippen LogP contribution in [-0.2, 0) is 18.5 Å². The van der Waals surface area contributed by atoms with Crippen LogP contribution in [0.1, 0.15) is 53.1 Å². The molecule has 1 amide bonds. The van der Waals surface area contributed by atoms with Gasteiger partial charge >= 0.3 is 5.97 Å². The van der Waals surface area contributed by atoms with Crippen LogP contribution in [0.15, 0.2) is 42.7 Å². The summed E-state index contributed by atoms with van der Waals surface area (Å²) in [6.45, 7) is 6.36. The van der Waals surface area contributed by atoms with Crippen molar-refractivity contribution < 1.29 is 19.1 Å². The summed E-state index contributed by atoms with van der Waals surface area (Å²) in [4.78, 5) is 24.6. The fourth-order valence-electron chi connectivity index (χ4n) is 2.76. The minimum Gasteiger partial charge on any atom is -0.471 e. The molecule has 0 unspecified atom stereocenters. The highest BCUT2D eigenvalue weighted by Crippen LogP contribution is 2.19. The lowest BCUT2D eigenvalue weighted by Gasteiger charge is -2.09. The van der Waals surface area contributed by atoms with E-state index in [0.717, 1.165) is 5.75 Å². The van der Waals surface area contributed by atoms with Crippen LogP contribution in [-0.4, -0.2) is 38.0 Å². The molecule has 0 saturated carbocycles. The molecular formula is C21H25N5O4. The van der Waals surface area contributed by atoms with E-state index in [1.807, 2.05) is 24.3 Å². The second-order valence-electron chi connectivity index (χ2n) is 6.94. The number of aromatic nitrogens is 4. The van der Waals surface area contributed by atoms with Gasteiger partial charge in [0.05, 0.1) is 12.8 Å². The zero-order chi connectivity index (χ0) is 21.7.